The first-order valence-corrected chi connectivity index (χ1v) is 8.21. The van der Waals surface area contributed by atoms with Crippen molar-refractivity contribution in [3.8, 4) is 0 Å². The van der Waals surface area contributed by atoms with Gasteiger partial charge < -0.3 is 5.73 Å². The first-order valence-electron chi connectivity index (χ1n) is 8.21. The van der Waals surface area contributed by atoms with Crippen molar-refractivity contribution < 1.29 is 0 Å². The number of hydrogen-bond donors (Lipinski definition) is 3. The predicted molar refractivity (Wildman–Crippen MR) is 99.2 cm³/mol. The van der Waals surface area contributed by atoms with E-state index in [0.717, 1.165) is 11.5 Å². The Morgan fingerprint density at radius 2 is 1.57 bits per heavy atom. The predicted octanol–water partition coefficient (Wildman–Crippen LogP) is 4.82. The molecule has 0 bridgehead atoms. The third kappa shape index (κ3) is 5.37. The quantitative estimate of drug-likeness (QED) is 0.512. The Kier molecular flexibility index (Phi) is 6.55. The highest BCUT2D eigenvalue weighted by Gasteiger charge is 2.14. The zero-order chi connectivity index (χ0) is 16.5. The second-order valence-electron chi connectivity index (χ2n) is 5.91. The van der Waals surface area contributed by atoms with Crippen LogP contribution in [0.15, 0.2) is 54.8 Å². The van der Waals surface area contributed by atoms with E-state index >= 15 is 0 Å². The van der Waals surface area contributed by atoms with Gasteiger partial charge in [-0.1, -0.05) is 61.8 Å². The van der Waals surface area contributed by atoms with Crippen molar-refractivity contribution in [1.29, 1.82) is 10.8 Å². The van der Waals surface area contributed by atoms with Gasteiger partial charge in [-0.2, -0.15) is 0 Å². The molecule has 1 aromatic rings. The normalized spacial score (nSPS) is 16.5. The van der Waals surface area contributed by atoms with E-state index in [2.05, 4.69) is 24.3 Å². The van der Waals surface area contributed by atoms with E-state index in [0.29, 0.717) is 0 Å². The molecular formula is C20H25N3. The van der Waals surface area contributed by atoms with Gasteiger partial charge in [0.1, 0.15) is 0 Å². The molecular weight excluding hydrogens is 282 g/mol. The second kappa shape index (κ2) is 8.89. The Bertz CT molecular complexity index is 615. The van der Waals surface area contributed by atoms with Gasteiger partial charge >= 0.3 is 0 Å². The minimum absolute atomic E-state index is 0.106. The summed E-state index contributed by atoms with van der Waals surface area (Å²) in [5.74, 6) is 0.740. The molecule has 2 rings (SSSR count). The summed E-state index contributed by atoms with van der Waals surface area (Å²) in [7, 11) is 0. The van der Waals surface area contributed by atoms with E-state index in [1.807, 2.05) is 12.2 Å². The molecule has 0 spiro atoms. The number of allylic oxidation sites excluding steroid dienone is 4. The number of benzene rings is 1. The Morgan fingerprint density at radius 3 is 2.22 bits per heavy atom. The average molecular weight is 307 g/mol. The molecule has 0 atom stereocenters. The third-order valence-electron chi connectivity index (χ3n) is 4.23. The minimum atomic E-state index is 0.106. The first kappa shape index (κ1) is 16.9. The van der Waals surface area contributed by atoms with Gasteiger partial charge in [0.05, 0.1) is 11.4 Å². The van der Waals surface area contributed by atoms with Crippen molar-refractivity contribution in [1.82, 2.24) is 0 Å². The van der Waals surface area contributed by atoms with Gasteiger partial charge in [0.2, 0.25) is 0 Å². The van der Waals surface area contributed by atoms with Crippen molar-refractivity contribution in [2.45, 2.75) is 38.0 Å². The van der Waals surface area contributed by atoms with Crippen LogP contribution in [-0.2, 0) is 0 Å². The molecule has 1 saturated carbocycles. The smallest absolute Gasteiger partial charge is 0.0803 e. The zero-order valence-corrected chi connectivity index (χ0v) is 13.5. The molecule has 0 aliphatic heterocycles. The molecule has 0 radical (unpaired) electrons. The molecule has 3 heteroatoms. The molecule has 1 aliphatic carbocycles. The molecule has 0 amide bonds. The maximum absolute atomic E-state index is 7.67. The maximum Gasteiger partial charge on any atom is 0.0803 e. The molecule has 0 saturated heterocycles. The summed E-state index contributed by atoms with van der Waals surface area (Å²) in [6.45, 7) is 0. The van der Waals surface area contributed by atoms with Crippen molar-refractivity contribution in [3.63, 3.8) is 0 Å². The fourth-order valence-electron chi connectivity index (χ4n) is 2.91. The molecule has 1 fully saturated rings. The largest absolute Gasteiger partial charge is 0.405 e. The maximum atomic E-state index is 7.67. The van der Waals surface area contributed by atoms with E-state index in [-0.39, 0.29) is 11.4 Å². The second-order valence-corrected chi connectivity index (χ2v) is 5.91. The average Bonchev–Trinajstić information content (AvgIpc) is 2.60. The summed E-state index contributed by atoms with van der Waals surface area (Å²) >= 11 is 0. The summed E-state index contributed by atoms with van der Waals surface area (Å²) in [6.07, 6.45) is 16.7. The van der Waals surface area contributed by atoms with Gasteiger partial charge in [0.15, 0.2) is 0 Å². The number of rotatable bonds is 6. The van der Waals surface area contributed by atoms with Crippen molar-refractivity contribution in [2.75, 3.05) is 0 Å². The van der Waals surface area contributed by atoms with Crippen molar-refractivity contribution in [3.05, 3.63) is 65.9 Å². The standard InChI is InChI=1S/C20H25N3/c21-15-14-20(23)19(22)9-5-4-6-16-10-12-18(13-11-16)17-7-2-1-3-8-17/h4-6,9-15,17,22-23H,1-3,7-8,21H2/b6-4+,9-5-,15-14?,22-19?,23-20?. The van der Waals surface area contributed by atoms with Gasteiger partial charge in [-0.05, 0) is 48.2 Å². The zero-order valence-electron chi connectivity index (χ0n) is 13.5. The lowest BCUT2D eigenvalue weighted by atomic mass is 9.84. The lowest BCUT2D eigenvalue weighted by Gasteiger charge is -2.21. The highest BCUT2D eigenvalue weighted by atomic mass is 14.5. The Morgan fingerprint density at radius 1 is 0.913 bits per heavy atom. The van der Waals surface area contributed by atoms with Crippen LogP contribution in [0.25, 0.3) is 6.08 Å². The summed E-state index contributed by atoms with van der Waals surface area (Å²) in [6, 6.07) is 8.78. The van der Waals surface area contributed by atoms with E-state index in [1.54, 1.807) is 12.2 Å². The first-order chi connectivity index (χ1) is 11.2. The van der Waals surface area contributed by atoms with Crippen LogP contribution in [0.3, 0.4) is 0 Å². The lowest BCUT2D eigenvalue weighted by molar-refractivity contribution is 0.443. The molecule has 23 heavy (non-hydrogen) atoms. The lowest BCUT2D eigenvalue weighted by Crippen LogP contribution is -2.05. The Labute approximate surface area is 138 Å². The fraction of sp³-hybridized carbons (Fsp3) is 0.300. The van der Waals surface area contributed by atoms with E-state index in [1.165, 1.54) is 49.9 Å². The van der Waals surface area contributed by atoms with Crippen LogP contribution < -0.4 is 5.73 Å². The topological polar surface area (TPSA) is 73.7 Å². The Hall–Kier alpha value is -2.42. The molecule has 0 heterocycles. The minimum Gasteiger partial charge on any atom is -0.405 e. The molecule has 1 aromatic carbocycles. The van der Waals surface area contributed by atoms with Gasteiger partial charge in [0, 0.05) is 0 Å². The van der Waals surface area contributed by atoms with Crippen LogP contribution in [0.2, 0.25) is 0 Å². The SMILES string of the molecule is N=C(C=CN)C(=N)/C=C\C=C\c1ccc(C2CCCCC2)cc1. The molecule has 1 aliphatic rings. The number of nitrogens with one attached hydrogen (secondary N) is 2. The van der Waals surface area contributed by atoms with Gasteiger partial charge in [-0.25, -0.2) is 0 Å². The highest BCUT2D eigenvalue weighted by Crippen LogP contribution is 2.32. The van der Waals surface area contributed by atoms with E-state index in [9.17, 15) is 0 Å². The van der Waals surface area contributed by atoms with Crippen LogP contribution in [0, 0.1) is 10.8 Å². The van der Waals surface area contributed by atoms with Crippen LogP contribution in [0.1, 0.15) is 49.1 Å². The molecule has 4 N–H and O–H groups in total. The van der Waals surface area contributed by atoms with E-state index in [4.69, 9.17) is 16.6 Å². The molecule has 120 valence electrons. The summed E-state index contributed by atoms with van der Waals surface area (Å²) in [5, 5.41) is 15.2. The molecule has 0 unspecified atom stereocenters. The summed E-state index contributed by atoms with van der Waals surface area (Å²) in [4.78, 5) is 0. The fourth-order valence-corrected chi connectivity index (χ4v) is 2.91. The van der Waals surface area contributed by atoms with E-state index < -0.39 is 0 Å². The molecule has 3 nitrogen and oxygen atoms in total. The van der Waals surface area contributed by atoms with Gasteiger partial charge in [-0.3, -0.25) is 10.8 Å². The van der Waals surface area contributed by atoms with Gasteiger partial charge in [0.25, 0.3) is 0 Å². The Balaban J connectivity index is 1.90. The van der Waals surface area contributed by atoms with Crippen LogP contribution >= 0.6 is 0 Å². The van der Waals surface area contributed by atoms with Crippen LogP contribution in [0.5, 0.6) is 0 Å². The third-order valence-corrected chi connectivity index (χ3v) is 4.23. The highest BCUT2D eigenvalue weighted by molar-refractivity contribution is 6.48. The number of hydrogen-bond acceptors (Lipinski definition) is 3. The number of nitrogens with two attached hydrogens (primary N) is 1. The van der Waals surface area contributed by atoms with Crippen molar-refractivity contribution >= 4 is 17.5 Å². The van der Waals surface area contributed by atoms with Crippen molar-refractivity contribution in [2.24, 2.45) is 5.73 Å². The van der Waals surface area contributed by atoms with Crippen LogP contribution in [0.4, 0.5) is 0 Å². The van der Waals surface area contributed by atoms with Crippen LogP contribution in [-0.4, -0.2) is 11.4 Å². The van der Waals surface area contributed by atoms with Gasteiger partial charge in [-0.15, -0.1) is 0 Å². The summed E-state index contributed by atoms with van der Waals surface area (Å²) in [5.41, 5.74) is 8.07. The monoisotopic (exact) mass is 307 g/mol. The summed E-state index contributed by atoms with van der Waals surface area (Å²) < 4.78 is 0. The molecule has 0 aromatic heterocycles.